The Balaban J connectivity index is 2.56. The maximum absolute atomic E-state index is 11.7. The van der Waals surface area contributed by atoms with Crippen LogP contribution in [0.2, 0.25) is 4.34 Å². The molecule has 0 saturated carbocycles. The number of carbonyl (C=O) groups excluding carboxylic acids is 1. The van der Waals surface area contributed by atoms with Crippen LogP contribution in [0.25, 0.3) is 0 Å². The Morgan fingerprint density at radius 1 is 1.43 bits per heavy atom. The highest BCUT2D eigenvalue weighted by Gasteiger charge is 2.11. The van der Waals surface area contributed by atoms with Gasteiger partial charge in [-0.25, -0.2) is 0 Å². The van der Waals surface area contributed by atoms with Crippen molar-refractivity contribution in [3.05, 3.63) is 21.3 Å². The number of halogens is 1. The molecule has 78 valence electrons. The summed E-state index contributed by atoms with van der Waals surface area (Å²) in [6.07, 6.45) is 0.471. The minimum absolute atomic E-state index is 0.175. The van der Waals surface area contributed by atoms with E-state index in [1.54, 1.807) is 0 Å². The van der Waals surface area contributed by atoms with Crippen molar-refractivity contribution in [1.29, 1.82) is 0 Å². The van der Waals surface area contributed by atoms with Crippen molar-refractivity contribution in [2.24, 2.45) is 0 Å². The molecule has 0 saturated heterocycles. The van der Waals surface area contributed by atoms with Gasteiger partial charge in [0.2, 0.25) is 5.91 Å². The van der Waals surface area contributed by atoms with Gasteiger partial charge in [-0.05, 0) is 26.0 Å². The molecule has 2 nitrogen and oxygen atoms in total. The zero-order valence-electron chi connectivity index (χ0n) is 8.42. The third-order valence-electron chi connectivity index (χ3n) is 2.07. The van der Waals surface area contributed by atoms with E-state index >= 15 is 0 Å². The first-order valence-electron chi connectivity index (χ1n) is 4.69. The van der Waals surface area contributed by atoms with Crippen LogP contribution in [0, 0.1) is 0 Å². The molecule has 0 unspecified atom stereocenters. The van der Waals surface area contributed by atoms with Crippen molar-refractivity contribution < 1.29 is 4.79 Å². The molecule has 0 bridgehead atoms. The fourth-order valence-electron chi connectivity index (χ4n) is 1.28. The Morgan fingerprint density at radius 3 is 2.50 bits per heavy atom. The zero-order valence-corrected chi connectivity index (χ0v) is 9.99. The summed E-state index contributed by atoms with van der Waals surface area (Å²) < 4.78 is 0.743. The van der Waals surface area contributed by atoms with Crippen LogP contribution >= 0.6 is 22.9 Å². The van der Waals surface area contributed by atoms with Gasteiger partial charge < -0.3 is 4.90 Å². The molecule has 1 amide bonds. The standard InChI is InChI=1S/C10H14ClNOS/c1-3-12(4-2)10(13)7-8-5-6-9(11)14-8/h5-6H,3-4,7H2,1-2H3. The van der Waals surface area contributed by atoms with Crippen LogP contribution in [-0.4, -0.2) is 23.9 Å². The number of nitrogens with zero attached hydrogens (tertiary/aromatic N) is 1. The molecule has 0 radical (unpaired) electrons. The molecule has 1 aromatic heterocycles. The molecular formula is C10H14ClNOS. The number of carbonyl (C=O) groups is 1. The third kappa shape index (κ3) is 3.00. The summed E-state index contributed by atoms with van der Waals surface area (Å²) in [5, 5.41) is 0. The summed E-state index contributed by atoms with van der Waals surface area (Å²) in [5.74, 6) is 0.175. The molecule has 4 heteroatoms. The smallest absolute Gasteiger partial charge is 0.227 e. The van der Waals surface area contributed by atoms with Gasteiger partial charge in [0, 0.05) is 18.0 Å². The third-order valence-corrected chi connectivity index (χ3v) is 3.30. The van der Waals surface area contributed by atoms with E-state index in [4.69, 9.17) is 11.6 Å². The van der Waals surface area contributed by atoms with Crippen LogP contribution in [-0.2, 0) is 11.2 Å². The highest BCUT2D eigenvalue weighted by molar-refractivity contribution is 7.16. The van der Waals surface area contributed by atoms with Gasteiger partial charge in [0.05, 0.1) is 10.8 Å². The number of rotatable bonds is 4. The largest absolute Gasteiger partial charge is 0.343 e. The molecule has 0 aliphatic carbocycles. The Bertz CT molecular complexity index is 307. The molecule has 0 atom stereocenters. The fraction of sp³-hybridized carbons (Fsp3) is 0.500. The first kappa shape index (κ1) is 11.5. The lowest BCUT2D eigenvalue weighted by atomic mass is 10.3. The fourth-order valence-corrected chi connectivity index (χ4v) is 2.36. The Morgan fingerprint density at radius 2 is 2.07 bits per heavy atom. The number of hydrogen-bond acceptors (Lipinski definition) is 2. The molecule has 1 heterocycles. The lowest BCUT2D eigenvalue weighted by molar-refractivity contribution is -0.130. The molecule has 0 aliphatic rings. The molecule has 1 aromatic rings. The Hall–Kier alpha value is -0.540. The number of likely N-dealkylation sites (N-methyl/N-ethyl adjacent to an activating group) is 1. The zero-order chi connectivity index (χ0) is 10.6. The maximum atomic E-state index is 11.7. The Kier molecular flexibility index (Phi) is 4.42. The molecular weight excluding hydrogens is 218 g/mol. The van der Waals surface area contributed by atoms with E-state index < -0.39 is 0 Å². The van der Waals surface area contributed by atoms with Gasteiger partial charge in [-0.1, -0.05) is 11.6 Å². The number of amides is 1. The van der Waals surface area contributed by atoms with Gasteiger partial charge in [-0.2, -0.15) is 0 Å². The van der Waals surface area contributed by atoms with Crippen LogP contribution < -0.4 is 0 Å². The molecule has 0 aliphatic heterocycles. The summed E-state index contributed by atoms with van der Waals surface area (Å²) >= 11 is 7.26. The van der Waals surface area contributed by atoms with E-state index in [2.05, 4.69) is 0 Å². The normalized spacial score (nSPS) is 10.2. The molecule has 0 spiro atoms. The van der Waals surface area contributed by atoms with E-state index in [-0.39, 0.29) is 5.91 Å². The van der Waals surface area contributed by atoms with Crippen LogP contribution in [0.15, 0.2) is 12.1 Å². The molecule has 0 N–H and O–H groups in total. The summed E-state index contributed by atoms with van der Waals surface area (Å²) in [4.78, 5) is 14.5. The first-order chi connectivity index (χ1) is 6.67. The van der Waals surface area contributed by atoms with Gasteiger partial charge in [0.15, 0.2) is 0 Å². The van der Waals surface area contributed by atoms with E-state index in [0.29, 0.717) is 6.42 Å². The van der Waals surface area contributed by atoms with Crippen LogP contribution in [0.3, 0.4) is 0 Å². The lowest BCUT2D eigenvalue weighted by Gasteiger charge is -2.17. The average molecular weight is 232 g/mol. The minimum atomic E-state index is 0.175. The number of thiophene rings is 1. The van der Waals surface area contributed by atoms with Crippen LogP contribution in [0.5, 0.6) is 0 Å². The topological polar surface area (TPSA) is 20.3 Å². The summed E-state index contributed by atoms with van der Waals surface area (Å²) in [7, 11) is 0. The van der Waals surface area contributed by atoms with Gasteiger partial charge >= 0.3 is 0 Å². The van der Waals surface area contributed by atoms with Gasteiger partial charge in [-0.3, -0.25) is 4.79 Å². The lowest BCUT2D eigenvalue weighted by Crippen LogP contribution is -2.31. The van der Waals surface area contributed by atoms with Crippen LogP contribution in [0.1, 0.15) is 18.7 Å². The van der Waals surface area contributed by atoms with Crippen molar-refractivity contribution in [3.8, 4) is 0 Å². The second-order valence-corrected chi connectivity index (χ2v) is 4.75. The summed E-state index contributed by atoms with van der Waals surface area (Å²) in [6, 6.07) is 3.74. The van der Waals surface area contributed by atoms with Crippen molar-refractivity contribution in [3.63, 3.8) is 0 Å². The molecule has 14 heavy (non-hydrogen) atoms. The Labute approximate surface area is 93.5 Å². The van der Waals surface area contributed by atoms with Gasteiger partial charge in [0.25, 0.3) is 0 Å². The van der Waals surface area contributed by atoms with Gasteiger partial charge in [0.1, 0.15) is 0 Å². The molecule has 1 rings (SSSR count). The van der Waals surface area contributed by atoms with E-state index in [9.17, 15) is 4.79 Å². The second-order valence-electron chi connectivity index (χ2n) is 2.95. The predicted molar refractivity (Wildman–Crippen MR) is 61.0 cm³/mol. The van der Waals surface area contributed by atoms with Gasteiger partial charge in [-0.15, -0.1) is 11.3 Å². The minimum Gasteiger partial charge on any atom is -0.343 e. The van der Waals surface area contributed by atoms with E-state index in [0.717, 1.165) is 22.3 Å². The number of hydrogen-bond donors (Lipinski definition) is 0. The van der Waals surface area contributed by atoms with E-state index in [1.165, 1.54) is 11.3 Å². The summed E-state index contributed by atoms with van der Waals surface area (Å²) in [6.45, 7) is 5.52. The SMILES string of the molecule is CCN(CC)C(=O)Cc1ccc(Cl)s1. The first-order valence-corrected chi connectivity index (χ1v) is 5.88. The van der Waals surface area contributed by atoms with Crippen molar-refractivity contribution in [1.82, 2.24) is 4.90 Å². The van der Waals surface area contributed by atoms with Crippen molar-refractivity contribution in [2.45, 2.75) is 20.3 Å². The predicted octanol–water partition coefficient (Wildman–Crippen LogP) is 2.81. The summed E-state index contributed by atoms with van der Waals surface area (Å²) in [5.41, 5.74) is 0. The van der Waals surface area contributed by atoms with Crippen molar-refractivity contribution >= 4 is 28.8 Å². The molecule has 0 aromatic carbocycles. The average Bonchev–Trinajstić information content (AvgIpc) is 2.53. The highest BCUT2D eigenvalue weighted by atomic mass is 35.5. The highest BCUT2D eigenvalue weighted by Crippen LogP contribution is 2.22. The van der Waals surface area contributed by atoms with E-state index in [1.807, 2.05) is 30.9 Å². The van der Waals surface area contributed by atoms with Crippen molar-refractivity contribution in [2.75, 3.05) is 13.1 Å². The monoisotopic (exact) mass is 231 g/mol. The molecule has 0 fully saturated rings. The quantitative estimate of drug-likeness (QED) is 0.781. The van der Waals surface area contributed by atoms with Crippen LogP contribution in [0.4, 0.5) is 0 Å². The maximum Gasteiger partial charge on any atom is 0.227 e. The second kappa shape index (κ2) is 5.37.